The lowest BCUT2D eigenvalue weighted by molar-refractivity contribution is -0.633. The highest BCUT2D eigenvalue weighted by Gasteiger charge is 2.33. The third kappa shape index (κ3) is 4.60. The Kier molecular flexibility index (Phi) is 7.29. The average molecular weight is 626 g/mol. The second kappa shape index (κ2) is 11.7. The Morgan fingerprint density at radius 1 is 0.562 bits per heavy atom. The van der Waals surface area contributed by atoms with Crippen molar-refractivity contribution in [1.82, 2.24) is 4.57 Å². The quantitative estimate of drug-likeness (QED) is 0.169. The number of rotatable bonds is 6. The van der Waals surface area contributed by atoms with Gasteiger partial charge < -0.3 is 4.42 Å². The van der Waals surface area contributed by atoms with Gasteiger partial charge in [0.25, 0.3) is 5.82 Å². The maximum atomic E-state index is 7.17. The summed E-state index contributed by atoms with van der Waals surface area (Å²) in [5.41, 5.74) is 15.1. The second-order valence-corrected chi connectivity index (χ2v) is 13.6. The van der Waals surface area contributed by atoms with Crippen LogP contribution < -0.4 is 4.57 Å². The number of hydrogen-bond donors (Lipinski definition) is 0. The van der Waals surface area contributed by atoms with Gasteiger partial charge in [-0.3, -0.25) is 0 Å². The number of fused-ring (bicyclic) bond motifs is 4. The maximum Gasteiger partial charge on any atom is 0.299 e. The summed E-state index contributed by atoms with van der Waals surface area (Å²) in [7, 11) is 2.20. The molecule has 236 valence electrons. The van der Waals surface area contributed by atoms with Crippen molar-refractivity contribution in [1.29, 1.82) is 0 Å². The van der Waals surface area contributed by atoms with Crippen LogP contribution in [0.1, 0.15) is 56.2 Å². The van der Waals surface area contributed by atoms with E-state index in [9.17, 15) is 0 Å². The van der Waals surface area contributed by atoms with Crippen LogP contribution in [0.15, 0.2) is 132 Å². The molecule has 0 spiro atoms. The Bertz CT molecular complexity index is 2450. The van der Waals surface area contributed by atoms with E-state index in [0.717, 1.165) is 38.9 Å². The summed E-state index contributed by atoms with van der Waals surface area (Å²) in [4.78, 5) is 0. The maximum absolute atomic E-state index is 7.17. The van der Waals surface area contributed by atoms with Gasteiger partial charge in [0.1, 0.15) is 16.8 Å². The number of nitrogens with zero attached hydrogens (tertiary/aromatic N) is 2. The lowest BCUT2D eigenvalue weighted by Crippen LogP contribution is -2.30. The molecule has 3 heteroatoms. The van der Waals surface area contributed by atoms with Gasteiger partial charge in [0.2, 0.25) is 0 Å². The molecule has 3 nitrogen and oxygen atoms in total. The van der Waals surface area contributed by atoms with E-state index in [0.29, 0.717) is 11.8 Å². The van der Waals surface area contributed by atoms with Crippen molar-refractivity contribution >= 4 is 33.0 Å². The minimum absolute atomic E-state index is 0.355. The van der Waals surface area contributed by atoms with Gasteiger partial charge in [-0.25, -0.2) is 4.57 Å². The fourth-order valence-corrected chi connectivity index (χ4v) is 7.63. The van der Waals surface area contributed by atoms with Crippen LogP contribution >= 0.6 is 0 Å². The van der Waals surface area contributed by atoms with Gasteiger partial charge in [-0.15, -0.1) is 0 Å². The van der Waals surface area contributed by atoms with Crippen LogP contribution in [0.3, 0.4) is 0 Å². The van der Waals surface area contributed by atoms with E-state index >= 15 is 0 Å². The van der Waals surface area contributed by atoms with Gasteiger partial charge in [-0.2, -0.15) is 4.57 Å². The summed E-state index contributed by atoms with van der Waals surface area (Å²) in [6.45, 7) is 11.4. The molecular formula is C45H41N2O+. The highest BCUT2D eigenvalue weighted by atomic mass is 16.3. The number of imidazole rings is 1. The smallest absolute Gasteiger partial charge is 0.299 e. The molecule has 0 saturated heterocycles. The van der Waals surface area contributed by atoms with Crippen LogP contribution in [0.2, 0.25) is 0 Å². The summed E-state index contributed by atoms with van der Waals surface area (Å²) in [5.74, 6) is 1.83. The zero-order valence-electron chi connectivity index (χ0n) is 28.6. The molecule has 0 atom stereocenters. The van der Waals surface area contributed by atoms with Crippen LogP contribution in [0.5, 0.6) is 0 Å². The van der Waals surface area contributed by atoms with Crippen LogP contribution in [0.25, 0.3) is 72.3 Å². The molecule has 0 radical (unpaired) electrons. The summed E-state index contributed by atoms with van der Waals surface area (Å²) in [6.07, 6.45) is 0. The van der Waals surface area contributed by atoms with Crippen molar-refractivity contribution in [2.45, 2.75) is 46.5 Å². The van der Waals surface area contributed by atoms with E-state index < -0.39 is 0 Å². The average Bonchev–Trinajstić information content (AvgIpc) is 3.63. The van der Waals surface area contributed by atoms with Gasteiger partial charge in [0.05, 0.1) is 7.05 Å². The van der Waals surface area contributed by atoms with Crippen molar-refractivity contribution in [3.8, 4) is 39.3 Å². The first kappa shape index (κ1) is 30.0. The molecule has 0 saturated carbocycles. The highest BCUT2D eigenvalue weighted by molar-refractivity contribution is 6.14. The number of furan rings is 1. The van der Waals surface area contributed by atoms with Crippen LogP contribution in [-0.2, 0) is 7.05 Å². The zero-order valence-corrected chi connectivity index (χ0v) is 28.6. The van der Waals surface area contributed by atoms with Gasteiger partial charge >= 0.3 is 0 Å². The number of aromatic nitrogens is 2. The van der Waals surface area contributed by atoms with Crippen molar-refractivity contribution in [3.63, 3.8) is 0 Å². The predicted molar refractivity (Wildman–Crippen MR) is 201 cm³/mol. The van der Waals surface area contributed by atoms with Crippen molar-refractivity contribution < 1.29 is 8.98 Å². The minimum atomic E-state index is 0.355. The Morgan fingerprint density at radius 3 is 1.90 bits per heavy atom. The standard InChI is InChI=1S/C45H41N2O/c1-28(2)32-20-14-21-33(29(3)4)42(32)47-40-25-13-12-24-39(40)46(6)45(47)41-30(5)26-27-38-37-23-15-22-36(43(37)48-44(38)41)35-19-11-10-18-34(35)31-16-8-7-9-17-31/h7-29H,1-6H3/q+1. The number of hydrogen-bond acceptors (Lipinski definition) is 1. The van der Waals surface area contributed by atoms with E-state index in [-0.39, 0.29) is 0 Å². The Balaban J connectivity index is 1.48. The van der Waals surface area contributed by atoms with Gasteiger partial charge in [0.15, 0.2) is 16.6 Å². The van der Waals surface area contributed by atoms with E-state index in [4.69, 9.17) is 4.42 Å². The van der Waals surface area contributed by atoms with Gasteiger partial charge in [-0.1, -0.05) is 143 Å². The van der Waals surface area contributed by atoms with E-state index in [1.54, 1.807) is 0 Å². The molecule has 0 unspecified atom stereocenters. The molecule has 0 fully saturated rings. The molecule has 2 heterocycles. The first-order chi connectivity index (χ1) is 23.3. The highest BCUT2D eigenvalue weighted by Crippen LogP contribution is 2.44. The third-order valence-electron chi connectivity index (χ3n) is 9.98. The normalized spacial score (nSPS) is 11.9. The number of para-hydroxylation sites is 4. The molecule has 0 aliphatic rings. The number of benzene rings is 6. The summed E-state index contributed by atoms with van der Waals surface area (Å²) < 4.78 is 12.0. The molecule has 0 N–H and O–H groups in total. The molecule has 0 aliphatic heterocycles. The van der Waals surface area contributed by atoms with Crippen LogP contribution in [0, 0.1) is 6.92 Å². The van der Waals surface area contributed by atoms with Gasteiger partial charge in [0, 0.05) is 27.5 Å². The molecular weight excluding hydrogens is 585 g/mol. The predicted octanol–water partition coefficient (Wildman–Crippen LogP) is 11.9. The summed E-state index contributed by atoms with van der Waals surface area (Å²) in [6, 6.07) is 46.0. The molecule has 48 heavy (non-hydrogen) atoms. The third-order valence-corrected chi connectivity index (χ3v) is 9.98. The monoisotopic (exact) mass is 625 g/mol. The van der Waals surface area contributed by atoms with Crippen molar-refractivity contribution in [2.24, 2.45) is 7.05 Å². The second-order valence-electron chi connectivity index (χ2n) is 13.6. The zero-order chi connectivity index (χ0) is 33.1. The van der Waals surface area contributed by atoms with E-state index in [1.807, 2.05) is 0 Å². The molecule has 6 aromatic carbocycles. The molecule has 0 amide bonds. The lowest BCUT2D eigenvalue weighted by Gasteiger charge is -2.18. The first-order valence-electron chi connectivity index (χ1n) is 17.1. The Labute approximate surface area is 282 Å². The fourth-order valence-electron chi connectivity index (χ4n) is 7.63. The van der Waals surface area contributed by atoms with Crippen LogP contribution in [-0.4, -0.2) is 4.57 Å². The summed E-state index contributed by atoms with van der Waals surface area (Å²) in [5, 5.41) is 2.25. The van der Waals surface area contributed by atoms with E-state index in [1.165, 1.54) is 50.1 Å². The largest absolute Gasteiger partial charge is 0.454 e. The Morgan fingerprint density at radius 2 is 1.17 bits per heavy atom. The topological polar surface area (TPSA) is 21.9 Å². The molecule has 8 aromatic rings. The lowest BCUT2D eigenvalue weighted by atomic mass is 9.92. The summed E-state index contributed by atoms with van der Waals surface area (Å²) >= 11 is 0. The van der Waals surface area contributed by atoms with Gasteiger partial charge in [-0.05, 0) is 53.1 Å². The van der Waals surface area contributed by atoms with E-state index in [2.05, 4.69) is 178 Å². The molecule has 0 bridgehead atoms. The minimum Gasteiger partial charge on any atom is -0.454 e. The first-order valence-corrected chi connectivity index (χ1v) is 17.1. The SMILES string of the molecule is Cc1ccc2c(oc3c(-c4ccccc4-c4ccccc4)cccc32)c1-c1n(-c2c(C(C)C)cccc2C(C)C)c2ccccc2[n+]1C. The Hall–Kier alpha value is -5.41. The fraction of sp³-hybridized carbons (Fsp3) is 0.178. The molecule has 0 aliphatic carbocycles. The van der Waals surface area contributed by atoms with Crippen molar-refractivity contribution in [2.75, 3.05) is 0 Å². The molecule has 8 rings (SSSR count). The molecule has 2 aromatic heterocycles. The van der Waals surface area contributed by atoms with Crippen molar-refractivity contribution in [3.05, 3.63) is 144 Å². The van der Waals surface area contributed by atoms with Crippen LogP contribution in [0.4, 0.5) is 0 Å². The number of aryl methyl sites for hydroxylation is 2.